The van der Waals surface area contributed by atoms with Gasteiger partial charge >= 0.3 is 6.09 Å². The van der Waals surface area contributed by atoms with Crippen molar-refractivity contribution in [3.63, 3.8) is 0 Å². The van der Waals surface area contributed by atoms with E-state index in [2.05, 4.69) is 9.97 Å². The number of nitrogens with zero attached hydrogens (tertiary/aromatic N) is 4. The minimum absolute atomic E-state index is 0.0297. The van der Waals surface area contributed by atoms with Gasteiger partial charge in [0.15, 0.2) is 0 Å². The lowest BCUT2D eigenvalue weighted by molar-refractivity contribution is 0.0505. The monoisotopic (exact) mass is 480 g/mol. The van der Waals surface area contributed by atoms with Crippen molar-refractivity contribution in [2.45, 2.75) is 50.2 Å². The maximum Gasteiger partial charge on any atom is 0.410 e. The topological polar surface area (TPSA) is 84.9 Å². The summed E-state index contributed by atoms with van der Waals surface area (Å²) in [5.41, 5.74) is 0.754. The fourth-order valence-electron chi connectivity index (χ4n) is 4.04. The number of hydrogen-bond donors (Lipinski definition) is 0. The van der Waals surface area contributed by atoms with E-state index in [-0.39, 0.29) is 28.9 Å². The molecule has 178 valence electrons. The highest BCUT2D eigenvalue weighted by Crippen LogP contribution is 2.39. The SMILES string of the molecule is CC(C)OC(=O)N1CCC(Oc2ncnc3c2CCN3c2cc(F)c([S@](C)=O)cc2F)CC1. The highest BCUT2D eigenvalue weighted by atomic mass is 32.2. The Balaban J connectivity index is 1.48. The van der Waals surface area contributed by atoms with Gasteiger partial charge in [0, 0.05) is 44.8 Å². The summed E-state index contributed by atoms with van der Waals surface area (Å²) >= 11 is 0. The number of benzene rings is 1. The van der Waals surface area contributed by atoms with Gasteiger partial charge in [0.2, 0.25) is 5.88 Å². The molecule has 0 saturated carbocycles. The van der Waals surface area contributed by atoms with Crippen molar-refractivity contribution >= 4 is 28.4 Å². The van der Waals surface area contributed by atoms with Gasteiger partial charge in [-0.25, -0.2) is 23.5 Å². The lowest BCUT2D eigenvalue weighted by Gasteiger charge is -2.32. The summed E-state index contributed by atoms with van der Waals surface area (Å²) in [6.07, 6.45) is 3.78. The van der Waals surface area contributed by atoms with Crippen molar-refractivity contribution in [1.29, 1.82) is 0 Å². The van der Waals surface area contributed by atoms with Crippen LogP contribution in [0.15, 0.2) is 23.4 Å². The minimum Gasteiger partial charge on any atom is -0.474 e. The van der Waals surface area contributed by atoms with Crippen LogP contribution in [0.3, 0.4) is 0 Å². The van der Waals surface area contributed by atoms with Gasteiger partial charge in [0.1, 0.15) is 29.9 Å². The standard InChI is InChI=1S/C22H26F2N4O4S/c1-13(2)31-22(29)27-7-4-14(5-8-27)32-21-15-6-9-28(20(15)25-12-26-21)18-10-17(24)19(33(3)30)11-16(18)23/h10-14H,4-9H2,1-3H3/t33-/m0/s1. The molecule has 0 unspecified atom stereocenters. The molecule has 2 aliphatic rings. The van der Waals surface area contributed by atoms with Crippen LogP contribution in [-0.2, 0) is 22.0 Å². The predicted molar refractivity (Wildman–Crippen MR) is 118 cm³/mol. The quantitative estimate of drug-likeness (QED) is 0.647. The number of rotatable bonds is 5. The number of halogens is 2. The molecule has 0 aliphatic carbocycles. The van der Waals surface area contributed by atoms with Gasteiger partial charge in [0.25, 0.3) is 0 Å². The first-order chi connectivity index (χ1) is 15.7. The second kappa shape index (κ2) is 9.58. The van der Waals surface area contributed by atoms with Gasteiger partial charge in [-0.1, -0.05) is 0 Å². The zero-order valence-corrected chi connectivity index (χ0v) is 19.5. The molecule has 1 fully saturated rings. The second-order valence-corrected chi connectivity index (χ2v) is 9.66. The molecule has 2 aliphatic heterocycles. The largest absolute Gasteiger partial charge is 0.474 e. The first-order valence-electron chi connectivity index (χ1n) is 10.8. The molecule has 33 heavy (non-hydrogen) atoms. The molecule has 1 atom stereocenters. The van der Waals surface area contributed by atoms with Crippen molar-refractivity contribution < 1.29 is 27.3 Å². The molecule has 0 radical (unpaired) electrons. The Morgan fingerprint density at radius 3 is 2.55 bits per heavy atom. The Kier molecular flexibility index (Phi) is 6.78. The number of hydrogen-bond acceptors (Lipinski definition) is 7. The third-order valence-corrected chi connectivity index (χ3v) is 6.57. The van der Waals surface area contributed by atoms with Crippen LogP contribution in [-0.4, -0.2) is 63.3 Å². The van der Waals surface area contributed by atoms with Crippen LogP contribution in [0.4, 0.5) is 25.1 Å². The Hall–Kier alpha value is -2.82. The second-order valence-electron chi connectivity index (χ2n) is 8.31. The van der Waals surface area contributed by atoms with E-state index in [9.17, 15) is 17.8 Å². The normalized spacial score (nSPS) is 17.3. The molecule has 11 heteroatoms. The summed E-state index contributed by atoms with van der Waals surface area (Å²) in [6.45, 7) is 5.05. The number of ether oxygens (including phenoxy) is 2. The molecule has 1 amide bonds. The summed E-state index contributed by atoms with van der Waals surface area (Å²) in [7, 11) is -1.63. The number of amides is 1. The maximum atomic E-state index is 14.7. The first kappa shape index (κ1) is 23.3. The summed E-state index contributed by atoms with van der Waals surface area (Å²) in [5, 5.41) is 0. The van der Waals surface area contributed by atoms with Crippen LogP contribution in [0.25, 0.3) is 0 Å². The zero-order chi connectivity index (χ0) is 23.7. The lowest BCUT2D eigenvalue weighted by atomic mass is 10.1. The lowest BCUT2D eigenvalue weighted by Crippen LogP contribution is -2.42. The van der Waals surface area contributed by atoms with Crippen LogP contribution in [0.5, 0.6) is 5.88 Å². The Labute approximate surface area is 193 Å². The average Bonchev–Trinajstić information content (AvgIpc) is 3.20. The first-order valence-corrected chi connectivity index (χ1v) is 12.4. The van der Waals surface area contributed by atoms with E-state index in [1.54, 1.807) is 9.80 Å². The van der Waals surface area contributed by atoms with E-state index >= 15 is 0 Å². The Morgan fingerprint density at radius 1 is 1.15 bits per heavy atom. The fourth-order valence-corrected chi connectivity index (χ4v) is 4.64. The van der Waals surface area contributed by atoms with E-state index in [0.717, 1.165) is 17.7 Å². The number of anilines is 2. The number of carbonyl (C=O) groups excluding carboxylic acids is 1. The van der Waals surface area contributed by atoms with Crippen LogP contribution < -0.4 is 9.64 Å². The molecule has 0 bridgehead atoms. The van der Waals surface area contributed by atoms with Crippen LogP contribution in [0.1, 0.15) is 32.3 Å². The highest BCUT2D eigenvalue weighted by Gasteiger charge is 2.31. The van der Waals surface area contributed by atoms with Crippen molar-refractivity contribution in [3.05, 3.63) is 35.7 Å². The van der Waals surface area contributed by atoms with Crippen LogP contribution in [0, 0.1) is 11.6 Å². The molecule has 2 aromatic rings. The number of piperidine rings is 1. The van der Waals surface area contributed by atoms with Crippen LogP contribution in [0.2, 0.25) is 0 Å². The number of likely N-dealkylation sites (tertiary alicyclic amines) is 1. The third-order valence-electron chi connectivity index (χ3n) is 5.64. The fraction of sp³-hybridized carbons (Fsp3) is 0.500. The van der Waals surface area contributed by atoms with Gasteiger partial charge in [-0.15, -0.1) is 0 Å². The maximum absolute atomic E-state index is 14.7. The van der Waals surface area contributed by atoms with E-state index in [1.807, 2.05) is 13.8 Å². The van der Waals surface area contributed by atoms with Crippen molar-refractivity contribution in [3.8, 4) is 5.88 Å². The molecule has 1 aromatic carbocycles. The van der Waals surface area contributed by atoms with Gasteiger partial charge in [0.05, 0.1) is 33.0 Å². The molecule has 8 nitrogen and oxygen atoms in total. The molecule has 0 N–H and O–H groups in total. The van der Waals surface area contributed by atoms with Gasteiger partial charge < -0.3 is 19.3 Å². The van der Waals surface area contributed by atoms with E-state index in [4.69, 9.17) is 9.47 Å². The number of carbonyl (C=O) groups is 1. The number of fused-ring (bicyclic) bond motifs is 1. The summed E-state index contributed by atoms with van der Waals surface area (Å²) < 4.78 is 52.1. The van der Waals surface area contributed by atoms with Crippen LogP contribution >= 0.6 is 0 Å². The summed E-state index contributed by atoms with van der Waals surface area (Å²) in [6, 6.07) is 2.02. The average molecular weight is 481 g/mol. The van der Waals surface area contributed by atoms with Crippen molar-refractivity contribution in [2.24, 2.45) is 0 Å². The van der Waals surface area contributed by atoms with Gasteiger partial charge in [-0.2, -0.15) is 0 Å². The molecule has 1 aromatic heterocycles. The highest BCUT2D eigenvalue weighted by molar-refractivity contribution is 7.84. The molecule has 0 spiro atoms. The molecule has 4 rings (SSSR count). The van der Waals surface area contributed by atoms with Crippen molar-refractivity contribution in [2.75, 3.05) is 30.8 Å². The van der Waals surface area contributed by atoms with Crippen molar-refractivity contribution in [1.82, 2.24) is 14.9 Å². The molecule has 1 saturated heterocycles. The van der Waals surface area contributed by atoms with E-state index in [1.165, 1.54) is 12.6 Å². The van der Waals surface area contributed by atoms with Gasteiger partial charge in [-0.3, -0.25) is 4.21 Å². The predicted octanol–water partition coefficient (Wildman–Crippen LogP) is 3.57. The smallest absolute Gasteiger partial charge is 0.410 e. The van der Waals surface area contributed by atoms with E-state index < -0.39 is 22.4 Å². The molecular weight excluding hydrogens is 454 g/mol. The summed E-state index contributed by atoms with van der Waals surface area (Å²) in [4.78, 5) is 23.7. The van der Waals surface area contributed by atoms with Gasteiger partial charge in [-0.05, 0) is 26.3 Å². The zero-order valence-electron chi connectivity index (χ0n) is 18.7. The number of aromatic nitrogens is 2. The van der Waals surface area contributed by atoms with E-state index in [0.29, 0.717) is 50.6 Å². The third kappa shape index (κ3) is 4.92. The molecule has 3 heterocycles. The Bertz CT molecular complexity index is 1080. The Morgan fingerprint density at radius 2 is 1.88 bits per heavy atom. The minimum atomic E-state index is -1.63. The summed E-state index contributed by atoms with van der Waals surface area (Å²) in [5.74, 6) is -0.523. The molecular formula is C22H26F2N4O4S.